The minimum absolute atomic E-state index is 0.0552. The topological polar surface area (TPSA) is 54.2 Å². The van der Waals surface area contributed by atoms with Gasteiger partial charge >= 0.3 is 0 Å². The fourth-order valence-corrected chi connectivity index (χ4v) is 1.38. The van der Waals surface area contributed by atoms with Crippen LogP contribution >= 0.6 is 0 Å². The zero-order chi connectivity index (χ0) is 11.5. The van der Waals surface area contributed by atoms with Gasteiger partial charge in [-0.1, -0.05) is 0 Å². The third-order valence-electron chi connectivity index (χ3n) is 2.29. The zero-order valence-electron chi connectivity index (χ0n) is 9.33. The van der Waals surface area contributed by atoms with Gasteiger partial charge in [0, 0.05) is 38.2 Å². The van der Waals surface area contributed by atoms with Gasteiger partial charge in [-0.25, -0.2) is 9.67 Å². The summed E-state index contributed by atoms with van der Waals surface area (Å²) in [4.78, 5) is 6.23. The van der Waals surface area contributed by atoms with E-state index in [0.29, 0.717) is 5.69 Å². The first-order valence-electron chi connectivity index (χ1n) is 5.00. The molecular formula is C11H14N4O. The summed E-state index contributed by atoms with van der Waals surface area (Å²) in [6.45, 7) is -0.0552. The van der Waals surface area contributed by atoms with Gasteiger partial charge in [0.2, 0.25) is 0 Å². The van der Waals surface area contributed by atoms with E-state index >= 15 is 0 Å². The third kappa shape index (κ3) is 2.04. The smallest absolute Gasteiger partial charge is 0.155 e. The van der Waals surface area contributed by atoms with E-state index in [-0.39, 0.29) is 6.61 Å². The lowest BCUT2D eigenvalue weighted by atomic mass is 10.3. The van der Waals surface area contributed by atoms with Crippen LogP contribution in [0.25, 0.3) is 5.82 Å². The molecule has 2 rings (SSSR count). The predicted molar refractivity (Wildman–Crippen MR) is 61.6 cm³/mol. The number of hydrogen-bond acceptors (Lipinski definition) is 4. The number of nitrogens with zero attached hydrogens (tertiary/aromatic N) is 4. The standard InChI is InChI=1S/C11H14N4O/c1-14(2)10-3-5-12-11(7-10)15-6-4-9(8-16)13-15/h3-7,16H,8H2,1-2H3. The molecule has 2 aromatic rings. The molecule has 0 aliphatic carbocycles. The van der Waals surface area contributed by atoms with Gasteiger partial charge in [-0.05, 0) is 12.1 Å². The van der Waals surface area contributed by atoms with Gasteiger partial charge in [0.15, 0.2) is 5.82 Å². The molecule has 0 unspecified atom stereocenters. The molecule has 16 heavy (non-hydrogen) atoms. The lowest BCUT2D eigenvalue weighted by Crippen LogP contribution is -2.10. The van der Waals surface area contributed by atoms with Crippen molar-refractivity contribution in [3.05, 3.63) is 36.3 Å². The first kappa shape index (κ1) is 10.6. The molecular weight excluding hydrogens is 204 g/mol. The highest BCUT2D eigenvalue weighted by molar-refractivity contribution is 5.48. The number of aromatic nitrogens is 3. The molecule has 5 nitrogen and oxygen atoms in total. The van der Waals surface area contributed by atoms with Crippen LogP contribution in [0.3, 0.4) is 0 Å². The van der Waals surface area contributed by atoms with Crippen molar-refractivity contribution in [2.24, 2.45) is 0 Å². The Morgan fingerprint density at radius 1 is 1.38 bits per heavy atom. The Kier molecular flexibility index (Phi) is 2.87. The molecule has 1 N–H and O–H groups in total. The first-order chi connectivity index (χ1) is 7.70. The predicted octanol–water partition coefficient (Wildman–Crippen LogP) is 0.826. The van der Waals surface area contributed by atoms with Crippen LogP contribution < -0.4 is 4.90 Å². The van der Waals surface area contributed by atoms with Gasteiger partial charge in [-0.3, -0.25) is 0 Å². The van der Waals surface area contributed by atoms with Crippen LogP contribution in [0.2, 0.25) is 0 Å². The van der Waals surface area contributed by atoms with Crippen molar-refractivity contribution in [1.82, 2.24) is 14.8 Å². The number of aliphatic hydroxyl groups is 1. The molecule has 5 heteroatoms. The Bertz CT molecular complexity index is 478. The lowest BCUT2D eigenvalue weighted by molar-refractivity contribution is 0.276. The summed E-state index contributed by atoms with van der Waals surface area (Å²) >= 11 is 0. The molecule has 0 fully saturated rings. The van der Waals surface area contributed by atoms with Crippen LogP contribution in [0, 0.1) is 0 Å². The minimum atomic E-state index is -0.0552. The van der Waals surface area contributed by atoms with E-state index in [9.17, 15) is 0 Å². The van der Waals surface area contributed by atoms with Crippen LogP contribution in [0.1, 0.15) is 5.69 Å². The average Bonchev–Trinajstić information content (AvgIpc) is 2.77. The molecule has 0 atom stereocenters. The Morgan fingerprint density at radius 3 is 2.81 bits per heavy atom. The first-order valence-corrected chi connectivity index (χ1v) is 5.00. The quantitative estimate of drug-likeness (QED) is 0.829. The van der Waals surface area contributed by atoms with E-state index in [1.165, 1.54) is 0 Å². The molecule has 0 spiro atoms. The molecule has 0 saturated carbocycles. The summed E-state index contributed by atoms with van der Waals surface area (Å²) in [5, 5.41) is 13.1. The van der Waals surface area contributed by atoms with Crippen LogP contribution in [-0.2, 0) is 6.61 Å². The fraction of sp³-hybridized carbons (Fsp3) is 0.273. The minimum Gasteiger partial charge on any atom is -0.390 e. The maximum Gasteiger partial charge on any atom is 0.155 e. The van der Waals surface area contributed by atoms with Crippen LogP contribution in [-0.4, -0.2) is 34.0 Å². The molecule has 0 aliphatic rings. The lowest BCUT2D eigenvalue weighted by Gasteiger charge is -2.12. The normalized spacial score (nSPS) is 10.4. The van der Waals surface area contributed by atoms with Crippen LogP contribution in [0.5, 0.6) is 0 Å². The van der Waals surface area contributed by atoms with Crippen LogP contribution in [0.15, 0.2) is 30.6 Å². The summed E-state index contributed by atoms with van der Waals surface area (Å²) in [6, 6.07) is 5.64. The molecule has 0 aliphatic heterocycles. The number of pyridine rings is 1. The van der Waals surface area contributed by atoms with Gasteiger partial charge in [-0.2, -0.15) is 5.10 Å². The Hall–Kier alpha value is -1.88. The van der Waals surface area contributed by atoms with Crippen molar-refractivity contribution in [3.63, 3.8) is 0 Å². The van der Waals surface area contributed by atoms with Crippen molar-refractivity contribution in [3.8, 4) is 5.82 Å². The summed E-state index contributed by atoms with van der Waals surface area (Å²) < 4.78 is 1.65. The number of hydrogen-bond donors (Lipinski definition) is 1. The van der Waals surface area contributed by atoms with E-state index in [2.05, 4.69) is 10.1 Å². The SMILES string of the molecule is CN(C)c1ccnc(-n2ccc(CO)n2)c1. The highest BCUT2D eigenvalue weighted by Gasteiger charge is 2.03. The summed E-state index contributed by atoms with van der Waals surface area (Å²) in [5.74, 6) is 0.742. The highest BCUT2D eigenvalue weighted by atomic mass is 16.3. The maximum absolute atomic E-state index is 8.94. The van der Waals surface area contributed by atoms with Crippen molar-refractivity contribution in [2.75, 3.05) is 19.0 Å². The van der Waals surface area contributed by atoms with Crippen molar-refractivity contribution in [1.29, 1.82) is 0 Å². The van der Waals surface area contributed by atoms with Gasteiger partial charge in [0.05, 0.1) is 12.3 Å². The molecule has 0 aromatic carbocycles. The van der Waals surface area contributed by atoms with E-state index in [0.717, 1.165) is 11.5 Å². The van der Waals surface area contributed by atoms with Crippen molar-refractivity contribution < 1.29 is 5.11 Å². The molecule has 2 aromatic heterocycles. The largest absolute Gasteiger partial charge is 0.390 e. The molecule has 0 saturated heterocycles. The molecule has 0 amide bonds. The van der Waals surface area contributed by atoms with E-state index < -0.39 is 0 Å². The van der Waals surface area contributed by atoms with Gasteiger partial charge in [-0.15, -0.1) is 0 Å². The third-order valence-corrected chi connectivity index (χ3v) is 2.29. The fourth-order valence-electron chi connectivity index (χ4n) is 1.38. The second-order valence-corrected chi connectivity index (χ2v) is 3.68. The van der Waals surface area contributed by atoms with Gasteiger partial charge < -0.3 is 10.0 Å². The highest BCUT2D eigenvalue weighted by Crippen LogP contribution is 2.13. The van der Waals surface area contributed by atoms with E-state index in [1.807, 2.05) is 31.1 Å². The van der Waals surface area contributed by atoms with Crippen molar-refractivity contribution >= 4 is 5.69 Å². The van der Waals surface area contributed by atoms with Gasteiger partial charge in [0.25, 0.3) is 0 Å². The molecule has 0 bridgehead atoms. The molecule has 84 valence electrons. The van der Waals surface area contributed by atoms with E-state index in [1.54, 1.807) is 23.1 Å². The van der Waals surface area contributed by atoms with Crippen LogP contribution in [0.4, 0.5) is 5.69 Å². The zero-order valence-corrected chi connectivity index (χ0v) is 9.33. The monoisotopic (exact) mass is 218 g/mol. The summed E-state index contributed by atoms with van der Waals surface area (Å²) in [7, 11) is 3.95. The number of aliphatic hydroxyl groups excluding tert-OH is 1. The second-order valence-electron chi connectivity index (χ2n) is 3.68. The number of anilines is 1. The number of rotatable bonds is 3. The van der Waals surface area contributed by atoms with Gasteiger partial charge in [0.1, 0.15) is 0 Å². The Morgan fingerprint density at radius 2 is 2.19 bits per heavy atom. The average molecular weight is 218 g/mol. The summed E-state index contributed by atoms with van der Waals surface area (Å²) in [6.07, 6.45) is 3.53. The second kappa shape index (κ2) is 4.32. The maximum atomic E-state index is 8.94. The Balaban J connectivity index is 2.36. The summed E-state index contributed by atoms with van der Waals surface area (Å²) in [5.41, 5.74) is 1.70. The molecule has 2 heterocycles. The molecule has 0 radical (unpaired) electrons. The van der Waals surface area contributed by atoms with Crippen molar-refractivity contribution in [2.45, 2.75) is 6.61 Å². The Labute approximate surface area is 94.0 Å². The van der Waals surface area contributed by atoms with E-state index in [4.69, 9.17) is 5.11 Å².